The minimum absolute atomic E-state index is 0.0914. The normalized spacial score (nSPS) is 18.9. The number of piperidine rings is 1. The maximum atomic E-state index is 13.4. The monoisotopic (exact) mass is 332 g/mol. The van der Waals surface area contributed by atoms with Crippen molar-refractivity contribution in [3.63, 3.8) is 0 Å². The molecule has 1 aromatic heterocycles. The first-order valence-electron chi connectivity index (χ1n) is 8.79. The predicted molar refractivity (Wildman–Crippen MR) is 92.1 cm³/mol. The molecule has 0 aliphatic carbocycles. The average Bonchev–Trinajstić information content (AvgIpc) is 2.99. The van der Waals surface area contributed by atoms with Gasteiger partial charge in [-0.25, -0.2) is 9.37 Å². The number of aromatic amines is 1. The molecule has 1 aromatic carbocycles. The van der Waals surface area contributed by atoms with Crippen molar-refractivity contribution in [3.05, 3.63) is 29.8 Å². The number of hydrogen-bond acceptors (Lipinski definition) is 3. The third kappa shape index (κ3) is 3.43. The number of likely N-dealkylation sites (N-methyl/N-ethyl adjacent to an activating group) is 1. The van der Waals surface area contributed by atoms with Crippen LogP contribution in [-0.4, -0.2) is 51.9 Å². The number of likely N-dealkylation sites (tertiary alicyclic amines) is 1. The van der Waals surface area contributed by atoms with E-state index in [9.17, 15) is 9.18 Å². The van der Waals surface area contributed by atoms with Crippen molar-refractivity contribution < 1.29 is 9.18 Å². The SMILES string of the molecule is CCN(CC)C(=O)CN1CCCC[C@@H]1c1nc2ccc(F)cc2[nH]1. The van der Waals surface area contributed by atoms with Crippen LogP contribution in [0, 0.1) is 5.82 Å². The Balaban J connectivity index is 1.81. The Hall–Kier alpha value is -1.95. The molecule has 0 saturated carbocycles. The van der Waals surface area contributed by atoms with Gasteiger partial charge in [-0.05, 0) is 51.4 Å². The third-order valence-electron chi connectivity index (χ3n) is 4.85. The van der Waals surface area contributed by atoms with Crippen LogP contribution < -0.4 is 0 Å². The van der Waals surface area contributed by atoms with Crippen LogP contribution >= 0.6 is 0 Å². The third-order valence-corrected chi connectivity index (χ3v) is 4.85. The largest absolute Gasteiger partial charge is 0.342 e. The number of rotatable bonds is 5. The van der Waals surface area contributed by atoms with Gasteiger partial charge in [-0.2, -0.15) is 0 Å². The Morgan fingerprint density at radius 1 is 1.38 bits per heavy atom. The second-order valence-electron chi connectivity index (χ2n) is 6.33. The first kappa shape index (κ1) is 16.9. The van der Waals surface area contributed by atoms with Gasteiger partial charge in [0.15, 0.2) is 0 Å². The summed E-state index contributed by atoms with van der Waals surface area (Å²) in [5.41, 5.74) is 1.48. The predicted octanol–water partition coefficient (Wildman–Crippen LogP) is 3.10. The minimum atomic E-state index is -0.269. The molecule has 1 atom stereocenters. The Morgan fingerprint density at radius 2 is 2.17 bits per heavy atom. The molecular weight excluding hydrogens is 307 g/mol. The smallest absolute Gasteiger partial charge is 0.236 e. The summed E-state index contributed by atoms with van der Waals surface area (Å²) in [4.78, 5) is 24.4. The Labute approximate surface area is 141 Å². The summed E-state index contributed by atoms with van der Waals surface area (Å²) in [6, 6.07) is 4.68. The second kappa shape index (κ2) is 7.30. The van der Waals surface area contributed by atoms with E-state index in [-0.39, 0.29) is 17.8 Å². The lowest BCUT2D eigenvalue weighted by Gasteiger charge is -2.35. The number of halogens is 1. The zero-order valence-corrected chi connectivity index (χ0v) is 14.4. The van der Waals surface area contributed by atoms with E-state index in [1.54, 1.807) is 6.07 Å². The molecule has 0 unspecified atom stereocenters. The lowest BCUT2D eigenvalue weighted by Crippen LogP contribution is -2.43. The Morgan fingerprint density at radius 3 is 2.92 bits per heavy atom. The Bertz CT molecular complexity index is 710. The molecule has 2 heterocycles. The van der Waals surface area contributed by atoms with Gasteiger partial charge in [0, 0.05) is 13.1 Å². The van der Waals surface area contributed by atoms with Gasteiger partial charge in [0.05, 0.1) is 23.6 Å². The quantitative estimate of drug-likeness (QED) is 0.915. The number of carbonyl (C=O) groups is 1. The van der Waals surface area contributed by atoms with Crippen molar-refractivity contribution in [3.8, 4) is 0 Å². The lowest BCUT2D eigenvalue weighted by atomic mass is 10.0. The molecule has 1 aliphatic rings. The van der Waals surface area contributed by atoms with Crippen LogP contribution in [0.3, 0.4) is 0 Å². The average molecular weight is 332 g/mol. The van der Waals surface area contributed by atoms with E-state index < -0.39 is 0 Å². The molecule has 0 spiro atoms. The maximum absolute atomic E-state index is 13.4. The molecule has 1 fully saturated rings. The maximum Gasteiger partial charge on any atom is 0.236 e. The van der Waals surface area contributed by atoms with E-state index in [1.165, 1.54) is 12.1 Å². The van der Waals surface area contributed by atoms with Crippen LogP contribution in [0.4, 0.5) is 4.39 Å². The zero-order valence-electron chi connectivity index (χ0n) is 14.4. The van der Waals surface area contributed by atoms with Crippen LogP contribution in [0.1, 0.15) is 45.0 Å². The van der Waals surface area contributed by atoms with Crippen LogP contribution in [-0.2, 0) is 4.79 Å². The molecule has 1 saturated heterocycles. The van der Waals surface area contributed by atoms with E-state index in [1.807, 2.05) is 18.7 Å². The first-order valence-corrected chi connectivity index (χ1v) is 8.79. The number of benzene rings is 1. The second-order valence-corrected chi connectivity index (χ2v) is 6.33. The minimum Gasteiger partial charge on any atom is -0.342 e. The number of imidazole rings is 1. The summed E-state index contributed by atoms with van der Waals surface area (Å²) in [6.45, 7) is 6.78. The van der Waals surface area contributed by atoms with Gasteiger partial charge in [-0.15, -0.1) is 0 Å². The van der Waals surface area contributed by atoms with E-state index in [4.69, 9.17) is 0 Å². The number of amides is 1. The zero-order chi connectivity index (χ0) is 17.1. The number of H-pyrrole nitrogens is 1. The fourth-order valence-corrected chi connectivity index (χ4v) is 3.50. The fraction of sp³-hybridized carbons (Fsp3) is 0.556. The van der Waals surface area contributed by atoms with E-state index in [2.05, 4.69) is 14.9 Å². The number of aromatic nitrogens is 2. The Kier molecular flexibility index (Phi) is 5.14. The van der Waals surface area contributed by atoms with Crippen molar-refractivity contribution in [2.45, 2.75) is 39.2 Å². The summed E-state index contributed by atoms with van der Waals surface area (Å²) < 4.78 is 13.4. The number of hydrogen-bond donors (Lipinski definition) is 1. The number of fused-ring (bicyclic) bond motifs is 1. The molecule has 1 amide bonds. The molecule has 1 N–H and O–H groups in total. The van der Waals surface area contributed by atoms with Gasteiger partial charge >= 0.3 is 0 Å². The molecule has 5 nitrogen and oxygen atoms in total. The van der Waals surface area contributed by atoms with Crippen molar-refractivity contribution in [2.24, 2.45) is 0 Å². The summed E-state index contributed by atoms with van der Waals surface area (Å²) in [5.74, 6) is 0.728. The van der Waals surface area contributed by atoms with Crippen molar-refractivity contribution in [2.75, 3.05) is 26.2 Å². The molecule has 0 radical (unpaired) electrons. The van der Waals surface area contributed by atoms with Crippen molar-refractivity contribution in [1.29, 1.82) is 0 Å². The van der Waals surface area contributed by atoms with Gasteiger partial charge in [0.2, 0.25) is 5.91 Å². The molecule has 3 rings (SSSR count). The highest BCUT2D eigenvalue weighted by atomic mass is 19.1. The topological polar surface area (TPSA) is 52.2 Å². The summed E-state index contributed by atoms with van der Waals surface area (Å²) in [6.07, 6.45) is 3.18. The van der Waals surface area contributed by atoms with E-state index >= 15 is 0 Å². The number of nitrogens with zero attached hydrogens (tertiary/aromatic N) is 3. The highest BCUT2D eigenvalue weighted by Crippen LogP contribution is 2.30. The summed E-state index contributed by atoms with van der Waals surface area (Å²) >= 11 is 0. The molecule has 1 aliphatic heterocycles. The van der Waals surface area contributed by atoms with Crippen molar-refractivity contribution in [1.82, 2.24) is 19.8 Å². The highest BCUT2D eigenvalue weighted by molar-refractivity contribution is 5.78. The van der Waals surface area contributed by atoms with Crippen molar-refractivity contribution >= 4 is 16.9 Å². The van der Waals surface area contributed by atoms with E-state index in [0.29, 0.717) is 12.1 Å². The van der Waals surface area contributed by atoms with Gasteiger partial charge in [-0.1, -0.05) is 6.42 Å². The molecular formula is C18H25FN4O. The van der Waals surface area contributed by atoms with E-state index in [0.717, 1.165) is 50.2 Å². The van der Waals surface area contributed by atoms with Crippen LogP contribution in [0.25, 0.3) is 11.0 Å². The van der Waals surface area contributed by atoms with Crippen LogP contribution in [0.5, 0.6) is 0 Å². The standard InChI is InChI=1S/C18H25FN4O/c1-3-22(4-2)17(24)12-23-10-6-5-7-16(23)18-20-14-9-8-13(19)11-15(14)21-18/h8-9,11,16H,3-7,10,12H2,1-2H3,(H,20,21)/t16-/m1/s1. The van der Waals surface area contributed by atoms with Gasteiger partial charge in [0.1, 0.15) is 11.6 Å². The van der Waals surface area contributed by atoms with Gasteiger partial charge in [-0.3, -0.25) is 9.69 Å². The van der Waals surface area contributed by atoms with Gasteiger partial charge < -0.3 is 9.88 Å². The number of nitrogens with one attached hydrogen (secondary N) is 1. The summed E-state index contributed by atoms with van der Waals surface area (Å²) in [7, 11) is 0. The molecule has 6 heteroatoms. The highest BCUT2D eigenvalue weighted by Gasteiger charge is 2.29. The summed E-state index contributed by atoms with van der Waals surface area (Å²) in [5, 5.41) is 0. The van der Waals surface area contributed by atoms with Gasteiger partial charge in [0.25, 0.3) is 0 Å². The lowest BCUT2D eigenvalue weighted by molar-refractivity contribution is -0.133. The molecule has 24 heavy (non-hydrogen) atoms. The van der Waals surface area contributed by atoms with Crippen LogP contribution in [0.2, 0.25) is 0 Å². The first-order chi connectivity index (χ1) is 11.6. The molecule has 130 valence electrons. The molecule has 2 aromatic rings. The molecule has 0 bridgehead atoms. The number of carbonyl (C=O) groups excluding carboxylic acids is 1. The van der Waals surface area contributed by atoms with Crippen LogP contribution in [0.15, 0.2) is 18.2 Å². The fourth-order valence-electron chi connectivity index (χ4n) is 3.50.